The second-order valence-corrected chi connectivity index (χ2v) is 6.31. The smallest absolute Gasteiger partial charge is 0.259 e. The standard InChI is InChI=1S/C17H25N3O3/c1-6-17(22,7-2)9-18-15(21)12-8-13(10(3)4)19-16-14(12)11(5)20-23-16/h8,10,22H,6-7,9H2,1-5H3,(H,18,21). The molecule has 2 heterocycles. The topological polar surface area (TPSA) is 88.2 Å². The second-order valence-electron chi connectivity index (χ2n) is 6.31. The molecule has 0 saturated heterocycles. The Balaban J connectivity index is 2.37. The molecule has 0 aliphatic carbocycles. The second kappa shape index (κ2) is 6.66. The van der Waals surface area contributed by atoms with Gasteiger partial charge in [-0.3, -0.25) is 4.79 Å². The summed E-state index contributed by atoms with van der Waals surface area (Å²) in [5, 5.41) is 17.7. The van der Waals surface area contributed by atoms with Gasteiger partial charge < -0.3 is 14.9 Å². The summed E-state index contributed by atoms with van der Waals surface area (Å²) in [5.74, 6) is -0.0782. The lowest BCUT2D eigenvalue weighted by Gasteiger charge is -2.25. The number of aryl methyl sites for hydroxylation is 1. The van der Waals surface area contributed by atoms with Crippen molar-refractivity contribution in [2.24, 2.45) is 0 Å². The van der Waals surface area contributed by atoms with Crippen LogP contribution in [0, 0.1) is 6.92 Å². The van der Waals surface area contributed by atoms with Crippen LogP contribution in [0.2, 0.25) is 0 Å². The summed E-state index contributed by atoms with van der Waals surface area (Å²) in [7, 11) is 0. The van der Waals surface area contributed by atoms with Gasteiger partial charge in [-0.2, -0.15) is 0 Å². The Morgan fingerprint density at radius 2 is 2.04 bits per heavy atom. The first-order valence-electron chi connectivity index (χ1n) is 8.08. The van der Waals surface area contributed by atoms with E-state index < -0.39 is 5.60 Å². The molecule has 0 aliphatic heterocycles. The molecule has 0 saturated carbocycles. The van der Waals surface area contributed by atoms with Crippen LogP contribution in [0.3, 0.4) is 0 Å². The summed E-state index contributed by atoms with van der Waals surface area (Å²) in [6.07, 6.45) is 1.16. The summed E-state index contributed by atoms with van der Waals surface area (Å²) in [6, 6.07) is 1.78. The molecule has 6 heteroatoms. The van der Waals surface area contributed by atoms with Crippen molar-refractivity contribution in [1.82, 2.24) is 15.5 Å². The maximum Gasteiger partial charge on any atom is 0.259 e. The molecular weight excluding hydrogens is 294 g/mol. The van der Waals surface area contributed by atoms with Gasteiger partial charge >= 0.3 is 0 Å². The molecule has 1 amide bonds. The van der Waals surface area contributed by atoms with Gasteiger partial charge in [-0.25, -0.2) is 4.98 Å². The van der Waals surface area contributed by atoms with Crippen LogP contribution in [0.4, 0.5) is 0 Å². The van der Waals surface area contributed by atoms with Crippen LogP contribution in [0.25, 0.3) is 11.1 Å². The van der Waals surface area contributed by atoms with Crippen molar-refractivity contribution in [1.29, 1.82) is 0 Å². The number of nitrogens with one attached hydrogen (secondary N) is 1. The Bertz CT molecular complexity index is 702. The van der Waals surface area contributed by atoms with Crippen LogP contribution in [-0.2, 0) is 0 Å². The van der Waals surface area contributed by atoms with E-state index in [-0.39, 0.29) is 18.4 Å². The number of nitrogens with zero attached hydrogens (tertiary/aromatic N) is 2. The van der Waals surface area contributed by atoms with E-state index in [2.05, 4.69) is 15.5 Å². The van der Waals surface area contributed by atoms with Crippen molar-refractivity contribution in [3.05, 3.63) is 23.0 Å². The van der Waals surface area contributed by atoms with Gasteiger partial charge in [0.15, 0.2) is 0 Å². The first kappa shape index (κ1) is 17.4. The van der Waals surface area contributed by atoms with Crippen LogP contribution in [0.15, 0.2) is 10.6 Å². The molecule has 0 spiro atoms. The summed E-state index contributed by atoms with van der Waals surface area (Å²) in [4.78, 5) is 17.1. The van der Waals surface area contributed by atoms with E-state index in [1.54, 1.807) is 13.0 Å². The zero-order chi connectivity index (χ0) is 17.2. The highest BCUT2D eigenvalue weighted by Crippen LogP contribution is 2.25. The fourth-order valence-corrected chi connectivity index (χ4v) is 2.43. The maximum absolute atomic E-state index is 12.6. The highest BCUT2D eigenvalue weighted by atomic mass is 16.5. The van der Waals surface area contributed by atoms with Crippen LogP contribution < -0.4 is 5.32 Å². The molecule has 2 aromatic rings. The Morgan fingerprint density at radius 1 is 1.39 bits per heavy atom. The van der Waals surface area contributed by atoms with Crippen molar-refractivity contribution >= 4 is 17.0 Å². The zero-order valence-electron chi connectivity index (χ0n) is 14.4. The number of carbonyl (C=O) groups is 1. The number of amides is 1. The van der Waals surface area contributed by atoms with E-state index >= 15 is 0 Å². The molecule has 0 fully saturated rings. The third kappa shape index (κ3) is 3.52. The molecular formula is C17H25N3O3. The monoisotopic (exact) mass is 319 g/mol. The van der Waals surface area contributed by atoms with Crippen molar-refractivity contribution < 1.29 is 14.4 Å². The highest BCUT2D eigenvalue weighted by molar-refractivity contribution is 6.06. The Kier molecular flexibility index (Phi) is 5.04. The number of carbonyl (C=O) groups excluding carboxylic acids is 1. The molecule has 0 aliphatic rings. The van der Waals surface area contributed by atoms with E-state index in [4.69, 9.17) is 4.52 Å². The Labute approximate surface area is 136 Å². The van der Waals surface area contributed by atoms with E-state index in [0.29, 0.717) is 35.2 Å². The van der Waals surface area contributed by atoms with Crippen LogP contribution in [0.5, 0.6) is 0 Å². The third-order valence-electron chi connectivity index (χ3n) is 4.37. The lowest BCUT2D eigenvalue weighted by Crippen LogP contribution is -2.42. The number of aliphatic hydroxyl groups is 1. The van der Waals surface area contributed by atoms with Crippen molar-refractivity contribution in [3.8, 4) is 0 Å². The van der Waals surface area contributed by atoms with Gasteiger partial charge in [0.25, 0.3) is 11.6 Å². The lowest BCUT2D eigenvalue weighted by atomic mass is 9.97. The quantitative estimate of drug-likeness (QED) is 0.854. The van der Waals surface area contributed by atoms with E-state index in [1.807, 2.05) is 27.7 Å². The molecule has 0 radical (unpaired) electrons. The fraction of sp³-hybridized carbons (Fsp3) is 0.588. The number of aromatic nitrogens is 2. The van der Waals surface area contributed by atoms with Gasteiger partial charge in [0, 0.05) is 12.2 Å². The third-order valence-corrected chi connectivity index (χ3v) is 4.37. The van der Waals surface area contributed by atoms with Crippen LogP contribution in [0.1, 0.15) is 68.2 Å². The molecule has 0 atom stereocenters. The summed E-state index contributed by atoms with van der Waals surface area (Å²) < 4.78 is 5.23. The van der Waals surface area contributed by atoms with Gasteiger partial charge in [0.05, 0.1) is 22.2 Å². The number of fused-ring (bicyclic) bond motifs is 1. The average molecular weight is 319 g/mol. The van der Waals surface area contributed by atoms with Gasteiger partial charge in [-0.15, -0.1) is 0 Å². The zero-order valence-corrected chi connectivity index (χ0v) is 14.4. The number of hydrogen-bond donors (Lipinski definition) is 2. The van der Waals surface area contributed by atoms with Crippen LogP contribution >= 0.6 is 0 Å². The van der Waals surface area contributed by atoms with Crippen molar-refractivity contribution in [2.45, 2.75) is 59.0 Å². The van der Waals surface area contributed by atoms with Crippen molar-refractivity contribution in [2.75, 3.05) is 6.54 Å². The minimum Gasteiger partial charge on any atom is -0.388 e. The first-order chi connectivity index (χ1) is 10.8. The summed E-state index contributed by atoms with van der Waals surface area (Å²) in [6.45, 7) is 9.82. The largest absolute Gasteiger partial charge is 0.388 e. The van der Waals surface area contributed by atoms with Gasteiger partial charge in [-0.1, -0.05) is 32.9 Å². The minimum absolute atomic E-state index is 0.166. The molecule has 126 valence electrons. The first-order valence-corrected chi connectivity index (χ1v) is 8.08. The molecule has 0 unspecified atom stereocenters. The molecule has 2 N–H and O–H groups in total. The molecule has 6 nitrogen and oxygen atoms in total. The van der Waals surface area contributed by atoms with E-state index in [1.165, 1.54) is 0 Å². The number of rotatable bonds is 6. The molecule has 2 aromatic heterocycles. The molecule has 0 bridgehead atoms. The molecule has 0 aromatic carbocycles. The molecule has 2 rings (SSSR count). The summed E-state index contributed by atoms with van der Waals surface area (Å²) >= 11 is 0. The predicted molar refractivity (Wildman–Crippen MR) is 88.5 cm³/mol. The normalized spacial score (nSPS) is 12.1. The van der Waals surface area contributed by atoms with Crippen LogP contribution in [-0.4, -0.2) is 33.3 Å². The van der Waals surface area contributed by atoms with Gasteiger partial charge in [-0.05, 0) is 31.7 Å². The fourth-order valence-electron chi connectivity index (χ4n) is 2.43. The Hall–Kier alpha value is -1.95. The number of hydrogen-bond acceptors (Lipinski definition) is 5. The van der Waals surface area contributed by atoms with E-state index in [9.17, 15) is 9.90 Å². The number of pyridine rings is 1. The maximum atomic E-state index is 12.6. The van der Waals surface area contributed by atoms with E-state index in [0.717, 1.165) is 5.69 Å². The van der Waals surface area contributed by atoms with Gasteiger partial charge in [0.1, 0.15) is 0 Å². The predicted octanol–water partition coefficient (Wildman–Crippen LogP) is 2.94. The highest BCUT2D eigenvalue weighted by Gasteiger charge is 2.25. The Morgan fingerprint density at radius 3 is 2.61 bits per heavy atom. The SMILES string of the molecule is CCC(O)(CC)CNC(=O)c1cc(C(C)C)nc2onc(C)c12. The lowest BCUT2D eigenvalue weighted by molar-refractivity contribution is 0.0314. The average Bonchev–Trinajstić information content (AvgIpc) is 2.92. The minimum atomic E-state index is -0.883. The summed E-state index contributed by atoms with van der Waals surface area (Å²) in [5.41, 5.74) is 1.40. The van der Waals surface area contributed by atoms with Crippen molar-refractivity contribution in [3.63, 3.8) is 0 Å². The molecule has 23 heavy (non-hydrogen) atoms. The van der Waals surface area contributed by atoms with Gasteiger partial charge in [0.2, 0.25) is 0 Å².